The zero-order valence-corrected chi connectivity index (χ0v) is 12.2. The van der Waals surface area contributed by atoms with Gasteiger partial charge in [-0.2, -0.15) is 0 Å². The fourth-order valence-electron chi connectivity index (χ4n) is 1.69. The molecule has 5 heteroatoms. The van der Waals surface area contributed by atoms with Gasteiger partial charge in [0.2, 0.25) is 0 Å². The smallest absolute Gasteiger partial charge is 0.156 e. The number of aliphatic hydroxyl groups excluding tert-OH is 1. The molecule has 0 saturated carbocycles. The van der Waals surface area contributed by atoms with Crippen molar-refractivity contribution in [3.05, 3.63) is 58.1 Å². The first kappa shape index (κ1) is 15.0. The van der Waals surface area contributed by atoms with Crippen LogP contribution in [0.5, 0.6) is 11.5 Å². The van der Waals surface area contributed by atoms with E-state index in [0.717, 1.165) is 5.56 Å². The zero-order valence-electron chi connectivity index (χ0n) is 10.7. The van der Waals surface area contributed by atoms with Gasteiger partial charge in [-0.25, -0.2) is 0 Å². The van der Waals surface area contributed by atoms with Crippen molar-refractivity contribution in [2.75, 3.05) is 13.2 Å². The second-order valence-electron chi connectivity index (χ2n) is 4.01. The van der Waals surface area contributed by atoms with Crippen LogP contribution in [0.1, 0.15) is 5.56 Å². The Morgan fingerprint density at radius 1 is 0.850 bits per heavy atom. The molecular weight excluding hydrogens is 299 g/mol. The van der Waals surface area contributed by atoms with Gasteiger partial charge in [-0.3, -0.25) is 0 Å². The lowest BCUT2D eigenvalue weighted by Crippen LogP contribution is -2.10. The fraction of sp³-hybridized carbons (Fsp3) is 0.200. The first-order valence-corrected chi connectivity index (χ1v) is 6.86. The quantitative estimate of drug-likeness (QED) is 0.821. The number of hydrogen-bond donors (Lipinski definition) is 1. The van der Waals surface area contributed by atoms with Crippen LogP contribution in [-0.2, 0) is 6.61 Å². The zero-order chi connectivity index (χ0) is 14.4. The van der Waals surface area contributed by atoms with Crippen LogP contribution in [0.15, 0.2) is 42.5 Å². The Kier molecular flexibility index (Phi) is 5.53. The molecule has 0 unspecified atom stereocenters. The van der Waals surface area contributed by atoms with Crippen LogP contribution in [0.3, 0.4) is 0 Å². The summed E-state index contributed by atoms with van der Waals surface area (Å²) in [6, 6.07) is 12.5. The molecule has 0 aromatic heterocycles. The predicted molar refractivity (Wildman–Crippen MR) is 79.8 cm³/mol. The predicted octanol–water partition coefficient (Wildman–Crippen LogP) is 3.94. The van der Waals surface area contributed by atoms with Gasteiger partial charge in [-0.05, 0) is 18.2 Å². The second kappa shape index (κ2) is 7.39. The van der Waals surface area contributed by atoms with Gasteiger partial charge in [0.15, 0.2) is 5.75 Å². The van der Waals surface area contributed by atoms with Crippen molar-refractivity contribution in [2.24, 2.45) is 0 Å². The van der Waals surface area contributed by atoms with Crippen LogP contribution in [0.4, 0.5) is 0 Å². The summed E-state index contributed by atoms with van der Waals surface area (Å²) in [6.45, 7) is 0.579. The molecule has 0 aliphatic carbocycles. The molecule has 0 radical (unpaired) electrons. The Morgan fingerprint density at radius 3 is 2.20 bits per heavy atom. The summed E-state index contributed by atoms with van der Waals surface area (Å²) >= 11 is 12.0. The van der Waals surface area contributed by atoms with Gasteiger partial charge in [-0.15, -0.1) is 0 Å². The van der Waals surface area contributed by atoms with Gasteiger partial charge in [-0.1, -0.05) is 47.5 Å². The van der Waals surface area contributed by atoms with Gasteiger partial charge >= 0.3 is 0 Å². The third kappa shape index (κ3) is 3.79. The van der Waals surface area contributed by atoms with Crippen molar-refractivity contribution in [2.45, 2.75) is 6.61 Å². The molecule has 0 saturated heterocycles. The number of para-hydroxylation sites is 2. The topological polar surface area (TPSA) is 38.7 Å². The fourth-order valence-corrected chi connectivity index (χ4v) is 2.20. The average molecular weight is 313 g/mol. The number of halogens is 2. The first-order chi connectivity index (χ1) is 9.72. The summed E-state index contributed by atoms with van der Waals surface area (Å²) in [5, 5.41) is 10.1. The summed E-state index contributed by atoms with van der Waals surface area (Å²) in [6.07, 6.45) is 0. The first-order valence-electron chi connectivity index (χ1n) is 6.10. The van der Waals surface area contributed by atoms with Crippen molar-refractivity contribution in [3.63, 3.8) is 0 Å². The molecule has 2 rings (SSSR count). The Labute approximate surface area is 127 Å². The molecule has 0 aliphatic heterocycles. The van der Waals surface area contributed by atoms with E-state index in [9.17, 15) is 5.11 Å². The van der Waals surface area contributed by atoms with Crippen molar-refractivity contribution in [1.29, 1.82) is 0 Å². The van der Waals surface area contributed by atoms with E-state index >= 15 is 0 Å². The lowest BCUT2D eigenvalue weighted by atomic mass is 10.2. The number of benzene rings is 2. The highest BCUT2D eigenvalue weighted by Gasteiger charge is 2.07. The summed E-state index contributed by atoms with van der Waals surface area (Å²) in [7, 11) is 0. The van der Waals surface area contributed by atoms with E-state index in [1.807, 2.05) is 12.1 Å². The standard InChI is InChI=1S/C15H14Cl2O3/c16-12-5-3-6-13(17)15(12)20-9-8-19-14-7-2-1-4-11(14)10-18/h1-7,18H,8-10H2. The molecule has 0 bridgehead atoms. The van der Waals surface area contributed by atoms with Crippen molar-refractivity contribution < 1.29 is 14.6 Å². The molecule has 3 nitrogen and oxygen atoms in total. The normalized spacial score (nSPS) is 10.3. The van der Waals surface area contributed by atoms with Crippen molar-refractivity contribution in [1.82, 2.24) is 0 Å². The number of ether oxygens (including phenoxy) is 2. The summed E-state index contributed by atoms with van der Waals surface area (Å²) < 4.78 is 11.1. The third-order valence-corrected chi connectivity index (χ3v) is 3.24. The summed E-state index contributed by atoms with van der Waals surface area (Å²) in [5.74, 6) is 1.10. The minimum atomic E-state index is -0.0621. The maximum Gasteiger partial charge on any atom is 0.156 e. The van der Waals surface area contributed by atoms with Crippen molar-refractivity contribution in [3.8, 4) is 11.5 Å². The van der Waals surface area contributed by atoms with Crippen LogP contribution >= 0.6 is 23.2 Å². The SMILES string of the molecule is OCc1ccccc1OCCOc1c(Cl)cccc1Cl. The monoisotopic (exact) mass is 312 g/mol. The van der Waals surface area contributed by atoms with E-state index in [1.165, 1.54) is 0 Å². The molecule has 0 spiro atoms. The molecule has 106 valence electrons. The largest absolute Gasteiger partial charge is 0.490 e. The molecule has 0 heterocycles. The van der Waals surface area contributed by atoms with E-state index in [4.69, 9.17) is 32.7 Å². The van der Waals surface area contributed by atoms with Crippen molar-refractivity contribution >= 4 is 23.2 Å². The van der Waals surface area contributed by atoms with Gasteiger partial charge in [0.1, 0.15) is 19.0 Å². The minimum absolute atomic E-state index is 0.0621. The molecule has 20 heavy (non-hydrogen) atoms. The van der Waals surface area contributed by atoms with E-state index in [0.29, 0.717) is 34.8 Å². The van der Waals surface area contributed by atoms with Gasteiger partial charge in [0.05, 0.1) is 16.7 Å². The Bertz CT molecular complexity index is 553. The van der Waals surface area contributed by atoms with E-state index in [2.05, 4.69) is 0 Å². The lowest BCUT2D eigenvalue weighted by Gasteiger charge is -2.12. The van der Waals surface area contributed by atoms with E-state index in [-0.39, 0.29) is 6.61 Å². The Hall–Kier alpha value is -1.42. The Balaban J connectivity index is 1.88. The van der Waals surface area contributed by atoms with E-state index < -0.39 is 0 Å². The highest BCUT2D eigenvalue weighted by atomic mass is 35.5. The van der Waals surface area contributed by atoms with Crippen LogP contribution in [0.25, 0.3) is 0 Å². The van der Waals surface area contributed by atoms with Gasteiger partial charge in [0.25, 0.3) is 0 Å². The molecule has 2 aromatic rings. The highest BCUT2D eigenvalue weighted by molar-refractivity contribution is 6.37. The molecule has 1 N–H and O–H groups in total. The highest BCUT2D eigenvalue weighted by Crippen LogP contribution is 2.32. The average Bonchev–Trinajstić information content (AvgIpc) is 2.46. The lowest BCUT2D eigenvalue weighted by molar-refractivity contribution is 0.210. The van der Waals surface area contributed by atoms with Crippen LogP contribution < -0.4 is 9.47 Å². The van der Waals surface area contributed by atoms with Crippen LogP contribution in [0, 0.1) is 0 Å². The molecule has 0 atom stereocenters. The molecule has 0 amide bonds. The van der Waals surface area contributed by atoms with Crippen LogP contribution in [-0.4, -0.2) is 18.3 Å². The number of aliphatic hydroxyl groups is 1. The maximum absolute atomic E-state index is 9.18. The molecule has 2 aromatic carbocycles. The molecule has 0 aliphatic rings. The van der Waals surface area contributed by atoms with Gasteiger partial charge in [0, 0.05) is 5.56 Å². The second-order valence-corrected chi connectivity index (χ2v) is 4.83. The third-order valence-electron chi connectivity index (χ3n) is 2.65. The molecule has 0 fully saturated rings. The summed E-state index contributed by atoms with van der Waals surface area (Å²) in [4.78, 5) is 0. The summed E-state index contributed by atoms with van der Waals surface area (Å²) in [5.41, 5.74) is 0.739. The molecular formula is C15H14Cl2O3. The minimum Gasteiger partial charge on any atom is -0.490 e. The van der Waals surface area contributed by atoms with Crippen LogP contribution in [0.2, 0.25) is 10.0 Å². The van der Waals surface area contributed by atoms with Gasteiger partial charge < -0.3 is 14.6 Å². The number of hydrogen-bond acceptors (Lipinski definition) is 3. The van der Waals surface area contributed by atoms with E-state index in [1.54, 1.807) is 30.3 Å². The maximum atomic E-state index is 9.18. The number of rotatable bonds is 6. The Morgan fingerprint density at radius 2 is 1.50 bits per heavy atom.